The number of carboxylic acid groups (broad SMARTS) is 1. The number of imidazole rings is 1. The largest absolute Gasteiger partial charge is 0.478 e. The molecule has 4 rings (SSSR count). The van der Waals surface area contributed by atoms with Gasteiger partial charge in [-0.25, -0.2) is 9.78 Å². The number of benzene rings is 2. The SMILES string of the molecule is O=C(O)c1cccc(Nc2c(-c3cccc(Br)c3)nc3cnccn23)c1. The van der Waals surface area contributed by atoms with E-state index in [9.17, 15) is 9.90 Å². The van der Waals surface area contributed by atoms with Crippen molar-refractivity contribution >= 4 is 39.1 Å². The molecular formula is C19H13BrN4O2. The van der Waals surface area contributed by atoms with Gasteiger partial charge in [0.15, 0.2) is 5.65 Å². The predicted octanol–water partition coefficient (Wildman–Crippen LogP) is 4.60. The molecule has 0 aliphatic rings. The van der Waals surface area contributed by atoms with Gasteiger partial charge in [0.25, 0.3) is 0 Å². The van der Waals surface area contributed by atoms with Crippen molar-refractivity contribution in [2.45, 2.75) is 0 Å². The number of halogens is 1. The molecule has 0 bridgehead atoms. The van der Waals surface area contributed by atoms with Crippen molar-refractivity contribution in [3.05, 3.63) is 77.2 Å². The first-order chi connectivity index (χ1) is 12.6. The molecule has 26 heavy (non-hydrogen) atoms. The van der Waals surface area contributed by atoms with Crippen molar-refractivity contribution in [2.24, 2.45) is 0 Å². The fourth-order valence-electron chi connectivity index (χ4n) is 2.73. The van der Waals surface area contributed by atoms with Gasteiger partial charge < -0.3 is 10.4 Å². The summed E-state index contributed by atoms with van der Waals surface area (Å²) >= 11 is 3.49. The Morgan fingerprint density at radius 3 is 2.81 bits per heavy atom. The maximum atomic E-state index is 11.2. The summed E-state index contributed by atoms with van der Waals surface area (Å²) in [5, 5.41) is 12.5. The van der Waals surface area contributed by atoms with E-state index in [4.69, 9.17) is 0 Å². The molecule has 0 saturated carbocycles. The molecule has 6 nitrogen and oxygen atoms in total. The van der Waals surface area contributed by atoms with Gasteiger partial charge in [-0.15, -0.1) is 0 Å². The van der Waals surface area contributed by atoms with Crippen LogP contribution in [0.15, 0.2) is 71.6 Å². The van der Waals surface area contributed by atoms with Crippen molar-refractivity contribution < 1.29 is 9.90 Å². The van der Waals surface area contributed by atoms with E-state index in [1.165, 1.54) is 0 Å². The van der Waals surface area contributed by atoms with Crippen LogP contribution in [-0.2, 0) is 0 Å². The molecule has 4 aromatic rings. The highest BCUT2D eigenvalue weighted by Gasteiger charge is 2.15. The van der Waals surface area contributed by atoms with Gasteiger partial charge in [-0.2, -0.15) is 0 Å². The molecule has 0 aliphatic carbocycles. The van der Waals surface area contributed by atoms with Crippen LogP contribution in [0.25, 0.3) is 16.9 Å². The van der Waals surface area contributed by atoms with Crippen molar-refractivity contribution in [2.75, 3.05) is 5.32 Å². The maximum absolute atomic E-state index is 11.2. The van der Waals surface area contributed by atoms with Crippen molar-refractivity contribution in [3.8, 4) is 11.3 Å². The highest BCUT2D eigenvalue weighted by atomic mass is 79.9. The first-order valence-electron chi connectivity index (χ1n) is 7.80. The second-order valence-electron chi connectivity index (χ2n) is 5.63. The van der Waals surface area contributed by atoms with Gasteiger partial charge in [0.05, 0.1) is 11.8 Å². The van der Waals surface area contributed by atoms with Gasteiger partial charge in [-0.05, 0) is 30.3 Å². The van der Waals surface area contributed by atoms with E-state index in [1.54, 1.807) is 30.6 Å². The van der Waals surface area contributed by atoms with E-state index in [1.807, 2.05) is 40.9 Å². The molecule has 2 heterocycles. The lowest BCUT2D eigenvalue weighted by molar-refractivity contribution is 0.0697. The van der Waals surface area contributed by atoms with Crippen molar-refractivity contribution in [1.82, 2.24) is 14.4 Å². The molecule has 0 aliphatic heterocycles. The highest BCUT2D eigenvalue weighted by molar-refractivity contribution is 9.10. The Labute approximate surface area is 157 Å². The van der Waals surface area contributed by atoms with Gasteiger partial charge in [-0.3, -0.25) is 9.38 Å². The Morgan fingerprint density at radius 1 is 1.15 bits per heavy atom. The van der Waals surface area contributed by atoms with Crippen LogP contribution < -0.4 is 5.32 Å². The number of nitrogens with one attached hydrogen (secondary N) is 1. The second kappa shape index (κ2) is 6.61. The standard InChI is InChI=1S/C19H13BrN4O2/c20-14-5-1-3-12(9-14)17-18(24-8-7-21-11-16(24)23-17)22-15-6-2-4-13(10-15)19(25)26/h1-11,22H,(H,25,26). The van der Waals surface area contributed by atoms with Crippen LogP contribution in [0.4, 0.5) is 11.5 Å². The van der Waals surface area contributed by atoms with Crippen LogP contribution in [0.5, 0.6) is 0 Å². The van der Waals surface area contributed by atoms with Gasteiger partial charge in [0, 0.05) is 28.1 Å². The minimum absolute atomic E-state index is 0.217. The molecule has 2 aromatic heterocycles. The van der Waals surface area contributed by atoms with Gasteiger partial charge >= 0.3 is 5.97 Å². The molecule has 0 radical (unpaired) electrons. The molecule has 0 amide bonds. The first-order valence-corrected chi connectivity index (χ1v) is 8.59. The zero-order chi connectivity index (χ0) is 18.1. The fourth-order valence-corrected chi connectivity index (χ4v) is 3.13. The third-order valence-corrected chi connectivity index (χ3v) is 4.39. The summed E-state index contributed by atoms with van der Waals surface area (Å²) < 4.78 is 2.83. The Morgan fingerprint density at radius 2 is 2.00 bits per heavy atom. The number of hydrogen-bond donors (Lipinski definition) is 2. The summed E-state index contributed by atoms with van der Waals surface area (Å²) in [7, 11) is 0. The number of carbonyl (C=O) groups is 1. The van der Waals surface area contributed by atoms with Crippen molar-refractivity contribution in [3.63, 3.8) is 0 Å². The zero-order valence-corrected chi connectivity index (χ0v) is 15.0. The average Bonchev–Trinajstić information content (AvgIpc) is 3.01. The van der Waals surface area contributed by atoms with Crippen LogP contribution >= 0.6 is 15.9 Å². The van der Waals surface area contributed by atoms with Crippen LogP contribution in [0.2, 0.25) is 0 Å². The molecule has 128 valence electrons. The summed E-state index contributed by atoms with van der Waals surface area (Å²) in [6.45, 7) is 0. The number of nitrogens with zero attached hydrogens (tertiary/aromatic N) is 3. The minimum atomic E-state index is -0.969. The van der Waals surface area contributed by atoms with E-state index in [0.717, 1.165) is 21.5 Å². The molecular weight excluding hydrogens is 396 g/mol. The topological polar surface area (TPSA) is 79.5 Å². The van der Waals surface area contributed by atoms with E-state index in [-0.39, 0.29) is 5.56 Å². The lowest BCUT2D eigenvalue weighted by Gasteiger charge is -2.09. The monoisotopic (exact) mass is 408 g/mol. The first kappa shape index (κ1) is 16.3. The smallest absolute Gasteiger partial charge is 0.335 e. The Balaban J connectivity index is 1.87. The van der Waals surface area contributed by atoms with Crippen molar-refractivity contribution in [1.29, 1.82) is 0 Å². The third-order valence-electron chi connectivity index (χ3n) is 3.90. The Kier molecular flexibility index (Phi) is 4.14. The molecule has 0 saturated heterocycles. The summed E-state index contributed by atoms with van der Waals surface area (Å²) in [5.74, 6) is -0.230. The van der Waals surface area contributed by atoms with E-state index < -0.39 is 5.97 Å². The molecule has 0 atom stereocenters. The second-order valence-corrected chi connectivity index (χ2v) is 6.55. The molecule has 2 aromatic carbocycles. The fraction of sp³-hybridized carbons (Fsp3) is 0. The zero-order valence-electron chi connectivity index (χ0n) is 13.4. The lowest BCUT2D eigenvalue weighted by Crippen LogP contribution is -2.00. The number of rotatable bonds is 4. The van der Waals surface area contributed by atoms with E-state index in [0.29, 0.717) is 11.3 Å². The number of carboxylic acids is 1. The van der Waals surface area contributed by atoms with E-state index >= 15 is 0 Å². The van der Waals surface area contributed by atoms with Gasteiger partial charge in [0.2, 0.25) is 0 Å². The van der Waals surface area contributed by atoms with Gasteiger partial charge in [-0.1, -0.05) is 34.1 Å². The lowest BCUT2D eigenvalue weighted by atomic mass is 10.1. The Hall–Kier alpha value is -3.19. The summed E-state index contributed by atoms with van der Waals surface area (Å²) in [4.78, 5) is 20.0. The number of aromatic carboxylic acids is 1. The van der Waals surface area contributed by atoms with Crippen LogP contribution in [0.1, 0.15) is 10.4 Å². The molecule has 0 spiro atoms. The number of aromatic nitrogens is 3. The highest BCUT2D eigenvalue weighted by Crippen LogP contribution is 2.32. The molecule has 7 heteroatoms. The summed E-state index contributed by atoms with van der Waals surface area (Å²) in [6, 6.07) is 14.5. The average molecular weight is 409 g/mol. The number of hydrogen-bond acceptors (Lipinski definition) is 4. The Bertz CT molecular complexity index is 1120. The third kappa shape index (κ3) is 3.04. The molecule has 0 fully saturated rings. The summed E-state index contributed by atoms with van der Waals surface area (Å²) in [5.41, 5.74) is 3.26. The quantitative estimate of drug-likeness (QED) is 0.515. The minimum Gasteiger partial charge on any atom is -0.478 e. The normalized spacial score (nSPS) is 10.8. The van der Waals surface area contributed by atoms with Crippen LogP contribution in [0, 0.1) is 0 Å². The van der Waals surface area contributed by atoms with Crippen LogP contribution in [-0.4, -0.2) is 25.4 Å². The van der Waals surface area contributed by atoms with E-state index in [2.05, 4.69) is 31.2 Å². The molecule has 0 unspecified atom stereocenters. The predicted molar refractivity (Wildman–Crippen MR) is 103 cm³/mol. The number of fused-ring (bicyclic) bond motifs is 1. The summed E-state index contributed by atoms with van der Waals surface area (Å²) in [6.07, 6.45) is 5.17. The number of anilines is 2. The van der Waals surface area contributed by atoms with Gasteiger partial charge in [0.1, 0.15) is 11.5 Å². The van der Waals surface area contributed by atoms with Crippen LogP contribution in [0.3, 0.4) is 0 Å². The molecule has 2 N–H and O–H groups in total. The maximum Gasteiger partial charge on any atom is 0.335 e.